The Morgan fingerprint density at radius 1 is 0.642 bits per heavy atom. The molecule has 0 radical (unpaired) electrons. The molecule has 0 amide bonds. The number of hydroxylamine groups is 1. The first-order valence-corrected chi connectivity index (χ1v) is 23.6. The van der Waals surface area contributed by atoms with Crippen LogP contribution >= 0.6 is 0 Å². The van der Waals surface area contributed by atoms with Gasteiger partial charge in [-0.3, -0.25) is 0 Å². The van der Waals surface area contributed by atoms with Crippen LogP contribution in [-0.2, 0) is 40.5 Å². The fraction of sp³-hybridized carbons (Fsp3) is 0.355. The number of aliphatic hydroxyl groups excluding tert-OH is 3. The first-order valence-electron chi connectivity index (χ1n) is 17.6. The van der Waals surface area contributed by atoms with Crippen LogP contribution in [0.4, 0.5) is 41.1 Å². The van der Waals surface area contributed by atoms with Gasteiger partial charge in [-0.25, -0.2) is 39.2 Å². The molecule has 0 aliphatic heterocycles. The van der Waals surface area contributed by atoms with E-state index in [2.05, 4.69) is 51.2 Å². The molecular weight excluding hydrogens is 1020 g/mol. The molecule has 4 rings (SSSR count). The summed E-state index contributed by atoms with van der Waals surface area (Å²) in [5, 5.41) is 48.3. The van der Waals surface area contributed by atoms with Crippen LogP contribution in [0.25, 0.3) is 12.2 Å². The van der Waals surface area contributed by atoms with Gasteiger partial charge in [0.15, 0.2) is 0 Å². The van der Waals surface area contributed by atoms with Crippen molar-refractivity contribution in [1.29, 1.82) is 0 Å². The number of anilines is 7. The molecule has 346 valence electrons. The molecule has 0 aliphatic carbocycles. The number of hydrogen-bond acceptors (Lipinski definition) is 28. The van der Waals surface area contributed by atoms with E-state index in [0.29, 0.717) is 0 Å². The Morgan fingerprint density at radius 3 is 1.55 bits per heavy atom. The third-order valence-corrected chi connectivity index (χ3v) is 11.3. The minimum absolute atomic E-state index is 0. The zero-order valence-electron chi connectivity index (χ0n) is 36.4. The summed E-state index contributed by atoms with van der Waals surface area (Å²) in [5.41, 5.74) is 1.07. The fourth-order valence-electron chi connectivity index (χ4n) is 5.01. The summed E-state index contributed by atoms with van der Waals surface area (Å²) < 4.78 is 141. The number of rotatable bonds is 24. The van der Waals surface area contributed by atoms with Crippen LogP contribution in [0.3, 0.4) is 0 Å². The second-order valence-corrected chi connectivity index (χ2v) is 18.7. The molecule has 28 nitrogen and oxygen atoms in total. The fourth-order valence-corrected chi connectivity index (χ4v) is 7.25. The molecule has 2 unspecified atom stereocenters. The number of hydrogen-bond donors (Lipinski definition) is 9. The van der Waals surface area contributed by atoms with Gasteiger partial charge in [0.1, 0.15) is 26.1 Å². The van der Waals surface area contributed by atoms with Crippen LogP contribution < -0.4 is 150 Å². The van der Waals surface area contributed by atoms with E-state index in [1.807, 2.05) is 5.48 Å². The molecule has 2 aromatic carbocycles. The van der Waals surface area contributed by atoms with E-state index in [0.717, 1.165) is 36.4 Å². The van der Waals surface area contributed by atoms with E-state index in [-0.39, 0.29) is 196 Å². The van der Waals surface area contributed by atoms with Crippen molar-refractivity contribution in [2.45, 2.75) is 21.8 Å². The minimum atomic E-state index is -5.29. The summed E-state index contributed by atoms with van der Waals surface area (Å²) in [7, 11) is -18.5. The molecule has 0 fully saturated rings. The van der Waals surface area contributed by atoms with E-state index in [1.165, 1.54) is 24.1 Å². The van der Waals surface area contributed by atoms with Gasteiger partial charge in [0.25, 0.3) is 0 Å². The second-order valence-electron chi connectivity index (χ2n) is 13.0. The number of aromatic nitrogens is 6. The van der Waals surface area contributed by atoms with Crippen molar-refractivity contribution in [2.75, 3.05) is 84.1 Å². The molecule has 0 saturated heterocycles. The van der Waals surface area contributed by atoms with Crippen LogP contribution in [-0.4, -0.2) is 166 Å². The van der Waals surface area contributed by atoms with Crippen molar-refractivity contribution in [3.05, 3.63) is 53.3 Å². The number of benzene rings is 2. The van der Waals surface area contributed by atoms with Gasteiger partial charge >= 0.3 is 118 Å². The SMILES string of the molecule is CN(CCS(=O)(=O)[O-])c1nc(NCC(O)CO)nc(Nc2ccc(C=Cc3ccc(Nc4nc(NCCS(=O)(=O)[O-])nc(C(CO)CNO)n4)cc3S(=O)(=O)[O-])c(S(=O)(=O)[O-])c2)n1.[Na+].[Na+].[Na+].[Na+]. The van der Waals surface area contributed by atoms with Gasteiger partial charge < -0.3 is 64.9 Å². The largest absolute Gasteiger partial charge is 1.00 e. The monoisotopic (exact) mass is 1050 g/mol. The van der Waals surface area contributed by atoms with Gasteiger partial charge in [-0.2, -0.15) is 29.9 Å². The van der Waals surface area contributed by atoms with E-state index in [1.54, 1.807) is 0 Å². The van der Waals surface area contributed by atoms with Gasteiger partial charge in [-0.05, 0) is 35.4 Å². The van der Waals surface area contributed by atoms with Crippen LogP contribution in [0, 0.1) is 0 Å². The van der Waals surface area contributed by atoms with Gasteiger partial charge in [-0.1, -0.05) is 24.3 Å². The molecule has 0 spiro atoms. The molecule has 2 heterocycles. The van der Waals surface area contributed by atoms with Crippen LogP contribution in [0.2, 0.25) is 0 Å². The summed E-state index contributed by atoms with van der Waals surface area (Å²) in [4.78, 5) is 24.0. The Bertz CT molecular complexity index is 2750. The van der Waals surface area contributed by atoms with Gasteiger partial charge in [-0.15, -0.1) is 0 Å². The van der Waals surface area contributed by atoms with Crippen LogP contribution in [0.5, 0.6) is 0 Å². The first kappa shape index (κ1) is 65.6. The Kier molecular flexibility index (Phi) is 28.6. The predicted octanol–water partition coefficient (Wildman–Crippen LogP) is -14.7. The minimum Gasteiger partial charge on any atom is -0.748 e. The van der Waals surface area contributed by atoms with Crippen molar-refractivity contribution in [3.8, 4) is 0 Å². The topological polar surface area (TPSA) is 450 Å². The second kappa shape index (κ2) is 29.2. The summed E-state index contributed by atoms with van der Waals surface area (Å²) in [5.74, 6) is -4.13. The van der Waals surface area contributed by atoms with E-state index in [9.17, 15) is 62.1 Å². The first-order chi connectivity index (χ1) is 29.4. The quantitative estimate of drug-likeness (QED) is 0.0136. The Morgan fingerprint density at radius 2 is 1.10 bits per heavy atom. The van der Waals surface area contributed by atoms with Crippen molar-refractivity contribution < 1.29 is 191 Å². The normalized spacial score (nSPS) is 12.6. The standard InChI is InChI=1S/C31H42N12O16S4.4Na/c1-43(9-11-61(51,52)53)31-41-28(33-15-23(46)17-45)40-30(42-31)36-22-7-5-19(25(13-22)63(57,58)59)3-2-18-4-6-21(12-24(18)62(54,55)56)35-29-38-26(20(16-44)14-34-47)37-27(39-29)32-8-10-60(48,49)50;;;;/h2-7,12-13,20,23,34,44-47H,8-11,14-17H2,1H3,(H,48,49,50)(H,51,52,53)(H,54,55,56)(H,57,58,59)(H2,32,35,37,38,39)(H2,33,36,40,41,42);;;;/q;4*+1/p-4. The Hall–Kier alpha value is -1.36. The summed E-state index contributed by atoms with van der Waals surface area (Å²) >= 11 is 0. The molecule has 2 aromatic heterocycles. The summed E-state index contributed by atoms with van der Waals surface area (Å²) in [6, 6.07) is 6.52. The third-order valence-electron chi connectivity index (χ3n) is 8.08. The van der Waals surface area contributed by atoms with Gasteiger partial charge in [0, 0.05) is 44.6 Å². The molecule has 36 heteroatoms. The van der Waals surface area contributed by atoms with Crippen LogP contribution in [0.1, 0.15) is 22.9 Å². The van der Waals surface area contributed by atoms with Crippen molar-refractivity contribution in [1.82, 2.24) is 35.4 Å². The molecule has 2 atom stereocenters. The van der Waals surface area contributed by atoms with E-state index in [4.69, 9.17) is 10.3 Å². The number of nitrogens with one attached hydrogen (secondary N) is 5. The average molecular weight is 1050 g/mol. The number of nitrogens with zero attached hydrogens (tertiary/aromatic N) is 7. The Labute approximate surface area is 473 Å². The molecular formula is C31H38N12Na4O16S4. The van der Waals surface area contributed by atoms with Gasteiger partial charge in [0.05, 0.1) is 66.8 Å². The van der Waals surface area contributed by atoms with Crippen molar-refractivity contribution >= 4 is 93.7 Å². The molecule has 0 aliphatic rings. The molecule has 4 aromatic rings. The molecule has 67 heavy (non-hydrogen) atoms. The maximum Gasteiger partial charge on any atom is 1.00 e. The van der Waals surface area contributed by atoms with E-state index >= 15 is 0 Å². The maximum absolute atomic E-state index is 12.5. The van der Waals surface area contributed by atoms with Gasteiger partial charge in [0.2, 0.25) is 29.7 Å². The number of aliphatic hydroxyl groups is 3. The van der Waals surface area contributed by atoms with Crippen molar-refractivity contribution in [2.24, 2.45) is 0 Å². The Balaban J connectivity index is 0.0000109. The third kappa shape index (κ3) is 22.3. The zero-order valence-corrected chi connectivity index (χ0v) is 47.6. The summed E-state index contributed by atoms with van der Waals surface area (Å²) in [6.45, 7) is -2.56. The molecule has 9 N–H and O–H groups in total. The maximum atomic E-state index is 12.5. The molecule has 0 saturated carbocycles. The summed E-state index contributed by atoms with van der Waals surface area (Å²) in [6.07, 6.45) is 0.809. The van der Waals surface area contributed by atoms with Crippen molar-refractivity contribution in [3.63, 3.8) is 0 Å². The molecule has 0 bridgehead atoms. The smallest absolute Gasteiger partial charge is 0.748 e. The average Bonchev–Trinajstić information content (AvgIpc) is 3.19. The van der Waals surface area contributed by atoms with E-state index < -0.39 is 93.5 Å². The van der Waals surface area contributed by atoms with Crippen LogP contribution in [0.15, 0.2) is 46.2 Å². The predicted molar refractivity (Wildman–Crippen MR) is 216 cm³/mol. The zero-order chi connectivity index (χ0) is 46.8.